The van der Waals surface area contributed by atoms with E-state index in [0.717, 1.165) is 45.1 Å². The quantitative estimate of drug-likeness (QED) is 0.861. The number of nitrogens with zero attached hydrogens (tertiary/aromatic N) is 2. The lowest BCUT2D eigenvalue weighted by Crippen LogP contribution is -2.47. The largest absolute Gasteiger partial charge is 0.493 e. The number of aliphatic hydroxyl groups excluding tert-OH is 1. The molecule has 112 valence electrons. The molecule has 1 aromatic carbocycles. The van der Waals surface area contributed by atoms with Gasteiger partial charge >= 0.3 is 0 Å². The summed E-state index contributed by atoms with van der Waals surface area (Å²) < 4.78 is 5.70. The Morgan fingerprint density at radius 1 is 1.10 bits per heavy atom. The van der Waals surface area contributed by atoms with Gasteiger partial charge in [-0.3, -0.25) is 4.90 Å². The average molecular weight is 278 g/mol. The molecule has 20 heavy (non-hydrogen) atoms. The highest BCUT2D eigenvalue weighted by Crippen LogP contribution is 2.21. The van der Waals surface area contributed by atoms with Crippen LogP contribution >= 0.6 is 0 Å². The lowest BCUT2D eigenvalue weighted by Gasteiger charge is -2.35. The number of hydrogen-bond donors (Lipinski definition) is 1. The monoisotopic (exact) mass is 278 g/mol. The van der Waals surface area contributed by atoms with Gasteiger partial charge in [-0.05, 0) is 30.2 Å². The van der Waals surface area contributed by atoms with Crippen LogP contribution in [0.3, 0.4) is 0 Å². The Hall–Kier alpha value is -1.26. The molecule has 0 aromatic heterocycles. The Bertz CT molecular complexity index is 384. The van der Waals surface area contributed by atoms with E-state index < -0.39 is 0 Å². The van der Waals surface area contributed by atoms with Gasteiger partial charge in [-0.25, -0.2) is 0 Å². The van der Waals surface area contributed by atoms with Crippen molar-refractivity contribution in [3.05, 3.63) is 24.3 Å². The first-order valence-corrected chi connectivity index (χ1v) is 7.50. The molecular weight excluding hydrogens is 252 g/mol. The molecule has 1 saturated heterocycles. The lowest BCUT2D eigenvalue weighted by atomic mass is 10.2. The molecule has 4 heteroatoms. The van der Waals surface area contributed by atoms with Gasteiger partial charge in [-0.1, -0.05) is 13.8 Å². The summed E-state index contributed by atoms with van der Waals surface area (Å²) in [7, 11) is 0. The molecule has 0 bridgehead atoms. The Balaban J connectivity index is 1.84. The van der Waals surface area contributed by atoms with Crippen LogP contribution in [0.2, 0.25) is 0 Å². The molecule has 1 aliphatic heterocycles. The fourth-order valence-corrected chi connectivity index (χ4v) is 2.39. The second kappa shape index (κ2) is 7.50. The van der Waals surface area contributed by atoms with Gasteiger partial charge in [0.15, 0.2) is 0 Å². The topological polar surface area (TPSA) is 35.9 Å². The first kappa shape index (κ1) is 15.1. The number of piperazine rings is 1. The van der Waals surface area contributed by atoms with Crippen LogP contribution < -0.4 is 9.64 Å². The van der Waals surface area contributed by atoms with Gasteiger partial charge < -0.3 is 14.7 Å². The third-order valence-electron chi connectivity index (χ3n) is 3.57. The van der Waals surface area contributed by atoms with Crippen molar-refractivity contribution >= 4 is 5.69 Å². The number of hydrogen-bond acceptors (Lipinski definition) is 4. The normalized spacial score (nSPS) is 16.7. The SMILES string of the molecule is CC(C)COc1ccc(N2CCN(CCO)CC2)cc1. The molecule has 0 spiro atoms. The van der Waals surface area contributed by atoms with Gasteiger partial charge in [-0.2, -0.15) is 0 Å². The standard InChI is InChI=1S/C16H26N2O2/c1-14(2)13-20-16-5-3-15(4-6-16)18-9-7-17(8-10-18)11-12-19/h3-6,14,19H,7-13H2,1-2H3. The molecule has 0 unspecified atom stereocenters. The van der Waals surface area contributed by atoms with Crippen molar-refractivity contribution in [3.8, 4) is 5.75 Å². The van der Waals surface area contributed by atoms with Crippen LogP contribution in [-0.2, 0) is 0 Å². The van der Waals surface area contributed by atoms with Crippen LogP contribution in [-0.4, -0.2) is 55.9 Å². The van der Waals surface area contributed by atoms with E-state index in [-0.39, 0.29) is 6.61 Å². The molecule has 2 rings (SSSR count). The van der Waals surface area contributed by atoms with E-state index in [2.05, 4.69) is 47.9 Å². The molecule has 0 atom stereocenters. The van der Waals surface area contributed by atoms with Gasteiger partial charge in [0.1, 0.15) is 5.75 Å². The molecule has 0 saturated carbocycles. The summed E-state index contributed by atoms with van der Waals surface area (Å²) in [4.78, 5) is 4.69. The fourth-order valence-electron chi connectivity index (χ4n) is 2.39. The minimum atomic E-state index is 0.252. The first-order chi connectivity index (χ1) is 9.69. The molecule has 1 N–H and O–H groups in total. The van der Waals surface area contributed by atoms with Gasteiger partial charge in [0.05, 0.1) is 13.2 Å². The first-order valence-electron chi connectivity index (χ1n) is 7.50. The molecule has 0 aliphatic carbocycles. The number of benzene rings is 1. The number of anilines is 1. The van der Waals surface area contributed by atoms with Gasteiger partial charge in [-0.15, -0.1) is 0 Å². The minimum absolute atomic E-state index is 0.252. The number of rotatable bonds is 6. The highest BCUT2D eigenvalue weighted by Gasteiger charge is 2.16. The predicted octanol–water partition coefficient (Wildman–Crippen LogP) is 1.84. The van der Waals surface area contributed by atoms with Gasteiger partial charge in [0, 0.05) is 38.4 Å². The molecule has 0 radical (unpaired) electrons. The van der Waals surface area contributed by atoms with Crippen LogP contribution in [0.25, 0.3) is 0 Å². The van der Waals surface area contributed by atoms with Crippen molar-refractivity contribution in [1.82, 2.24) is 4.90 Å². The third-order valence-corrected chi connectivity index (χ3v) is 3.57. The summed E-state index contributed by atoms with van der Waals surface area (Å²) in [6, 6.07) is 8.38. The van der Waals surface area contributed by atoms with E-state index in [0.29, 0.717) is 5.92 Å². The molecular formula is C16H26N2O2. The van der Waals surface area contributed by atoms with E-state index in [1.54, 1.807) is 0 Å². The molecule has 4 nitrogen and oxygen atoms in total. The van der Waals surface area contributed by atoms with E-state index in [4.69, 9.17) is 9.84 Å². The molecule has 1 aromatic rings. The van der Waals surface area contributed by atoms with Crippen molar-refractivity contribution in [2.75, 3.05) is 50.8 Å². The third kappa shape index (κ3) is 4.39. The molecule has 1 heterocycles. The average Bonchev–Trinajstić information content (AvgIpc) is 2.47. The summed E-state index contributed by atoms with van der Waals surface area (Å²) in [5, 5.41) is 8.95. The van der Waals surface area contributed by atoms with Crippen molar-refractivity contribution < 1.29 is 9.84 Å². The zero-order valence-electron chi connectivity index (χ0n) is 12.6. The summed E-state index contributed by atoms with van der Waals surface area (Å²) in [6.45, 7) is 10.2. The van der Waals surface area contributed by atoms with E-state index >= 15 is 0 Å². The maximum Gasteiger partial charge on any atom is 0.119 e. The maximum absolute atomic E-state index is 8.95. The van der Waals surface area contributed by atoms with Gasteiger partial charge in [0.25, 0.3) is 0 Å². The molecule has 0 amide bonds. The number of ether oxygens (including phenoxy) is 1. The maximum atomic E-state index is 8.95. The van der Waals surface area contributed by atoms with Crippen molar-refractivity contribution in [3.63, 3.8) is 0 Å². The zero-order chi connectivity index (χ0) is 14.4. The fraction of sp³-hybridized carbons (Fsp3) is 0.625. The van der Waals surface area contributed by atoms with Crippen LogP contribution in [0.15, 0.2) is 24.3 Å². The number of β-amino-alcohol motifs (C(OH)–C–C–N with tert-alkyl or cyclic N) is 1. The summed E-state index contributed by atoms with van der Waals surface area (Å²) in [5.74, 6) is 1.50. The smallest absolute Gasteiger partial charge is 0.119 e. The highest BCUT2D eigenvalue weighted by atomic mass is 16.5. The van der Waals surface area contributed by atoms with E-state index in [9.17, 15) is 0 Å². The summed E-state index contributed by atoms with van der Waals surface area (Å²) in [6.07, 6.45) is 0. The van der Waals surface area contributed by atoms with Gasteiger partial charge in [0.2, 0.25) is 0 Å². The zero-order valence-corrected chi connectivity index (χ0v) is 12.6. The summed E-state index contributed by atoms with van der Waals surface area (Å²) in [5.41, 5.74) is 1.26. The molecule has 1 fully saturated rings. The summed E-state index contributed by atoms with van der Waals surface area (Å²) >= 11 is 0. The Morgan fingerprint density at radius 2 is 1.75 bits per heavy atom. The van der Waals surface area contributed by atoms with E-state index in [1.165, 1.54) is 5.69 Å². The second-order valence-corrected chi connectivity index (χ2v) is 5.75. The van der Waals surface area contributed by atoms with Crippen molar-refractivity contribution in [1.29, 1.82) is 0 Å². The Morgan fingerprint density at radius 3 is 2.30 bits per heavy atom. The predicted molar refractivity (Wildman–Crippen MR) is 82.5 cm³/mol. The van der Waals surface area contributed by atoms with E-state index in [1.807, 2.05) is 0 Å². The van der Waals surface area contributed by atoms with Crippen molar-refractivity contribution in [2.45, 2.75) is 13.8 Å². The van der Waals surface area contributed by atoms with Crippen LogP contribution in [0.5, 0.6) is 5.75 Å². The van der Waals surface area contributed by atoms with Crippen molar-refractivity contribution in [2.24, 2.45) is 5.92 Å². The van der Waals surface area contributed by atoms with Crippen LogP contribution in [0.4, 0.5) is 5.69 Å². The molecule has 1 aliphatic rings. The van der Waals surface area contributed by atoms with Crippen LogP contribution in [0.1, 0.15) is 13.8 Å². The highest BCUT2D eigenvalue weighted by molar-refractivity contribution is 5.49. The van der Waals surface area contributed by atoms with Crippen LogP contribution in [0, 0.1) is 5.92 Å². The minimum Gasteiger partial charge on any atom is -0.493 e. The second-order valence-electron chi connectivity index (χ2n) is 5.75. The lowest BCUT2D eigenvalue weighted by molar-refractivity contribution is 0.189. The number of aliphatic hydroxyl groups is 1. The Labute approximate surface area is 122 Å². The Kier molecular flexibility index (Phi) is 5.68.